The summed E-state index contributed by atoms with van der Waals surface area (Å²) in [6.07, 6.45) is -19.9. The molecule has 8 rings (SSSR count). The zero-order valence-electron chi connectivity index (χ0n) is 39.1. The molecule has 2 amide bonds. The fourth-order valence-corrected chi connectivity index (χ4v) is 9.63. The van der Waals surface area contributed by atoms with E-state index >= 15 is 0 Å². The number of fused-ring (bicyclic) bond motifs is 5. The number of phenolic OH excluding ortho intramolecular Hbond substituents is 3. The third-order valence-corrected chi connectivity index (χ3v) is 13.2. The summed E-state index contributed by atoms with van der Waals surface area (Å²) < 4.78 is 34.9. The Hall–Kier alpha value is -7.26. The highest BCUT2D eigenvalue weighted by atomic mass is 16.7. The molecule has 2 saturated heterocycles. The third kappa shape index (κ3) is 9.39. The number of nitrogens with one attached hydrogen (secondary N) is 1. The van der Waals surface area contributed by atoms with Crippen LogP contribution < -0.4 is 10.1 Å². The predicted molar refractivity (Wildman–Crippen MR) is 243 cm³/mol. The number of likely N-dealkylation sites (N-methyl/N-ethyl adjacent to an activating group) is 1. The monoisotopic (exact) mass is 1020 g/mol. The van der Waals surface area contributed by atoms with Crippen molar-refractivity contribution in [2.45, 2.75) is 100 Å². The maximum atomic E-state index is 14.3. The van der Waals surface area contributed by atoms with Crippen molar-refractivity contribution >= 4 is 35.5 Å². The summed E-state index contributed by atoms with van der Waals surface area (Å²) in [7, 11) is 2.53. The van der Waals surface area contributed by atoms with Crippen molar-refractivity contribution in [2.24, 2.45) is 0 Å². The SMILES string of the molecule is COc1cc(O)c2c(c1)C(=O)c1c(cc3c(c1O)-c1c(cc(C)c(C(=O)N[C@H](CC(=O)O)C(=O)O)c1O)[C@H](O[C@@H]1O[C@H](C)[C@H](N(C)C(=O)OCc4ccccc4)[C@H](O[C@@H]4OC[C@@H](O)[C@H](O)[C@H]4O)[C@H]1O)[C@H]3O)C2=O. The van der Waals surface area contributed by atoms with Gasteiger partial charge in [-0.2, -0.15) is 0 Å². The van der Waals surface area contributed by atoms with Gasteiger partial charge in [0.15, 0.2) is 24.1 Å². The lowest BCUT2D eigenvalue weighted by atomic mass is 9.74. The number of carbonyl (C=O) groups excluding carboxylic acids is 4. The molecule has 11 N–H and O–H groups in total. The van der Waals surface area contributed by atoms with Gasteiger partial charge in [-0.25, -0.2) is 9.59 Å². The lowest BCUT2D eigenvalue weighted by Crippen LogP contribution is -2.66. The number of rotatable bonds is 13. The van der Waals surface area contributed by atoms with Crippen LogP contribution in [0.3, 0.4) is 0 Å². The molecule has 388 valence electrons. The number of hydrogen-bond donors (Lipinski definition) is 11. The first-order valence-electron chi connectivity index (χ1n) is 22.5. The Morgan fingerprint density at radius 2 is 1.47 bits per heavy atom. The van der Waals surface area contributed by atoms with Crippen LogP contribution in [0.4, 0.5) is 4.79 Å². The van der Waals surface area contributed by atoms with Crippen molar-refractivity contribution in [1.82, 2.24) is 10.2 Å². The summed E-state index contributed by atoms with van der Waals surface area (Å²) in [5.41, 5.74) is -4.08. The van der Waals surface area contributed by atoms with Crippen LogP contribution in [0.15, 0.2) is 54.6 Å². The van der Waals surface area contributed by atoms with Crippen LogP contribution in [0.25, 0.3) is 11.1 Å². The summed E-state index contributed by atoms with van der Waals surface area (Å²) in [6.45, 7) is 1.99. The van der Waals surface area contributed by atoms with Crippen molar-refractivity contribution in [1.29, 1.82) is 0 Å². The van der Waals surface area contributed by atoms with E-state index in [4.69, 9.17) is 28.4 Å². The molecular weight excluding hydrogens is 969 g/mol. The van der Waals surface area contributed by atoms with E-state index < -0.39 is 184 Å². The Bertz CT molecular complexity index is 2890. The number of carboxylic acids is 2. The Balaban J connectivity index is 1.23. The number of nitrogens with zero attached hydrogens (tertiary/aromatic N) is 1. The Kier molecular flexibility index (Phi) is 14.5. The first kappa shape index (κ1) is 52.1. The minimum absolute atomic E-state index is 0.0423. The molecule has 0 bridgehead atoms. The number of carbonyl (C=O) groups is 6. The zero-order valence-corrected chi connectivity index (χ0v) is 39.1. The highest BCUT2D eigenvalue weighted by molar-refractivity contribution is 6.31. The molecule has 73 heavy (non-hydrogen) atoms. The fourth-order valence-electron chi connectivity index (χ4n) is 9.63. The van der Waals surface area contributed by atoms with E-state index in [0.29, 0.717) is 5.56 Å². The number of methoxy groups -OCH3 is 1. The molecule has 4 aliphatic rings. The molecule has 2 fully saturated rings. The van der Waals surface area contributed by atoms with Gasteiger partial charge < -0.3 is 89.7 Å². The second-order valence-electron chi connectivity index (χ2n) is 17.9. The number of hydrogen-bond acceptors (Lipinski definition) is 20. The third-order valence-electron chi connectivity index (χ3n) is 13.2. The Morgan fingerprint density at radius 3 is 2.12 bits per heavy atom. The minimum Gasteiger partial charge on any atom is -0.507 e. The molecule has 0 spiro atoms. The summed E-state index contributed by atoms with van der Waals surface area (Å²) in [5, 5.41) is 113. The molecule has 24 heteroatoms. The lowest BCUT2D eigenvalue weighted by molar-refractivity contribution is -0.344. The number of aliphatic carboxylic acids is 2. The number of amides is 2. The first-order chi connectivity index (χ1) is 34.5. The molecule has 0 aromatic heterocycles. The molecule has 4 aromatic rings. The van der Waals surface area contributed by atoms with Crippen molar-refractivity contribution in [2.75, 3.05) is 20.8 Å². The zero-order chi connectivity index (χ0) is 53.1. The number of aliphatic hydroxyl groups excluding tert-OH is 5. The Morgan fingerprint density at radius 1 is 0.808 bits per heavy atom. The van der Waals surface area contributed by atoms with Crippen molar-refractivity contribution < 1.29 is 108 Å². The van der Waals surface area contributed by atoms with Gasteiger partial charge in [0.25, 0.3) is 5.91 Å². The molecule has 2 aliphatic heterocycles. The van der Waals surface area contributed by atoms with Crippen LogP contribution in [-0.2, 0) is 39.9 Å². The van der Waals surface area contributed by atoms with Gasteiger partial charge >= 0.3 is 18.0 Å². The van der Waals surface area contributed by atoms with Crippen LogP contribution in [0.2, 0.25) is 0 Å². The van der Waals surface area contributed by atoms with Crippen LogP contribution in [-0.4, -0.2) is 174 Å². The second-order valence-corrected chi connectivity index (χ2v) is 17.9. The molecule has 2 aliphatic carbocycles. The van der Waals surface area contributed by atoms with Gasteiger partial charge in [0.05, 0.1) is 49.0 Å². The lowest BCUT2D eigenvalue weighted by Gasteiger charge is -2.49. The van der Waals surface area contributed by atoms with Gasteiger partial charge in [0.1, 0.15) is 78.4 Å². The number of aryl methyl sites for hydroxylation is 1. The van der Waals surface area contributed by atoms with Gasteiger partial charge in [-0.3, -0.25) is 19.2 Å². The van der Waals surface area contributed by atoms with E-state index in [0.717, 1.165) is 23.1 Å². The van der Waals surface area contributed by atoms with Crippen molar-refractivity contribution in [3.05, 3.63) is 105 Å². The molecule has 0 unspecified atom stereocenters. The quantitative estimate of drug-likeness (QED) is 0.0780. The molecule has 0 radical (unpaired) electrons. The highest BCUT2D eigenvalue weighted by Crippen LogP contribution is 2.57. The van der Waals surface area contributed by atoms with Gasteiger partial charge in [-0.15, -0.1) is 0 Å². The molecule has 0 saturated carbocycles. The maximum Gasteiger partial charge on any atom is 0.410 e. The second kappa shape index (κ2) is 20.3. The van der Waals surface area contributed by atoms with E-state index in [1.165, 1.54) is 34.1 Å². The smallest absolute Gasteiger partial charge is 0.410 e. The minimum atomic E-state index is -2.06. The number of aliphatic hydroxyl groups is 5. The summed E-state index contributed by atoms with van der Waals surface area (Å²) >= 11 is 0. The fraction of sp³-hybridized carbons (Fsp3) is 0.388. The predicted octanol–water partition coefficient (Wildman–Crippen LogP) is 0.892. The van der Waals surface area contributed by atoms with E-state index in [-0.39, 0.29) is 23.5 Å². The van der Waals surface area contributed by atoms with Crippen LogP contribution in [0, 0.1) is 6.92 Å². The Labute approximate surface area is 413 Å². The standard InChI is InChI=1S/C49H50N2O22/c1-17-10-24-32(39(60)29(17)45(64)50-25(46(65)66)14-28(54)55)31-22(13-23-33(40(31)61)36(57)21-11-20(68-4)12-26(52)30(21)35(23)56)37(58)43(24)72-48-42(63)44(73-47-41(62)38(59)27(53)16-69-47)34(18(2)71-48)51(3)49(67)70-15-19-8-6-5-7-9-19/h5-13,18,25,27,34,37-38,41-44,47-48,52-53,58-63H,14-16H2,1-4H3,(H,50,64)(H,54,55)(H,65,66)/t18-,25-,27-,34+,37+,38+,41-,42-,43+,44+,47+,48+/m1/s1. The number of ether oxygens (including phenoxy) is 6. The van der Waals surface area contributed by atoms with Crippen LogP contribution in [0.1, 0.15) is 90.0 Å². The van der Waals surface area contributed by atoms with Gasteiger partial charge in [-0.1, -0.05) is 36.4 Å². The summed E-state index contributed by atoms with van der Waals surface area (Å²) in [5.74, 6) is -9.46. The van der Waals surface area contributed by atoms with Gasteiger partial charge in [0, 0.05) is 35.4 Å². The first-order valence-corrected chi connectivity index (χ1v) is 22.5. The van der Waals surface area contributed by atoms with Crippen LogP contribution >= 0.6 is 0 Å². The van der Waals surface area contributed by atoms with E-state index in [9.17, 15) is 79.8 Å². The molecular formula is C49H50N2O22. The van der Waals surface area contributed by atoms with Crippen molar-refractivity contribution in [3.8, 4) is 34.1 Å². The molecule has 2 heterocycles. The van der Waals surface area contributed by atoms with Crippen molar-refractivity contribution in [3.63, 3.8) is 0 Å². The number of phenols is 3. The summed E-state index contributed by atoms with van der Waals surface area (Å²) in [4.78, 5) is 80.6. The average molecular weight is 1020 g/mol. The number of carboxylic acid groups (broad SMARTS) is 2. The van der Waals surface area contributed by atoms with E-state index in [1.807, 2.05) is 5.32 Å². The summed E-state index contributed by atoms with van der Waals surface area (Å²) in [6, 6.07) is 9.64. The molecule has 24 nitrogen and oxygen atoms in total. The maximum absolute atomic E-state index is 14.3. The number of ketones is 2. The number of aromatic hydroxyl groups is 3. The topological polar surface area (TPSA) is 375 Å². The molecule has 4 aromatic carbocycles. The van der Waals surface area contributed by atoms with E-state index in [1.54, 1.807) is 30.3 Å². The number of benzene rings is 4. The normalized spacial score (nSPS) is 26.6. The molecule has 12 atom stereocenters. The van der Waals surface area contributed by atoms with Gasteiger partial charge in [-0.05, 0) is 48.2 Å². The van der Waals surface area contributed by atoms with Crippen LogP contribution in [0.5, 0.6) is 23.0 Å². The average Bonchev–Trinajstić information content (AvgIpc) is 3.34. The largest absolute Gasteiger partial charge is 0.507 e. The van der Waals surface area contributed by atoms with Gasteiger partial charge in [0.2, 0.25) is 0 Å². The highest BCUT2D eigenvalue weighted by Gasteiger charge is 2.53. The van der Waals surface area contributed by atoms with E-state index in [2.05, 4.69) is 0 Å².